The van der Waals surface area contributed by atoms with Crippen LogP contribution >= 0.6 is 0 Å². The number of allylic oxidation sites excluding steroid dienone is 1. The van der Waals surface area contributed by atoms with Crippen LogP contribution in [0.5, 0.6) is 0 Å². The largest absolute Gasteiger partial charge is 0.396 e. The first-order chi connectivity index (χ1) is 6.63. The lowest BCUT2D eigenvalue weighted by atomic mass is 9.99. The number of nitrogens with one attached hydrogen (secondary N) is 1. The Balaban J connectivity index is 2.20. The molecule has 0 bridgehead atoms. The van der Waals surface area contributed by atoms with E-state index in [-0.39, 0.29) is 5.41 Å². The third-order valence-electron chi connectivity index (χ3n) is 3.48. The Morgan fingerprint density at radius 3 is 2.57 bits per heavy atom. The number of rotatable bonds is 7. The van der Waals surface area contributed by atoms with E-state index < -0.39 is 0 Å². The van der Waals surface area contributed by atoms with E-state index >= 15 is 0 Å². The second-order valence-electron chi connectivity index (χ2n) is 4.83. The van der Waals surface area contributed by atoms with Crippen molar-refractivity contribution in [2.24, 2.45) is 11.3 Å². The quantitative estimate of drug-likeness (QED) is 0.611. The van der Waals surface area contributed by atoms with E-state index in [0.717, 1.165) is 13.0 Å². The smallest absolute Gasteiger partial charge is 0.0499 e. The van der Waals surface area contributed by atoms with Crippen molar-refractivity contribution >= 4 is 0 Å². The van der Waals surface area contributed by atoms with Crippen LogP contribution in [0.2, 0.25) is 0 Å². The summed E-state index contributed by atoms with van der Waals surface area (Å²) in [7, 11) is 0. The first-order valence-corrected chi connectivity index (χ1v) is 5.59. The third-order valence-corrected chi connectivity index (χ3v) is 3.48. The zero-order valence-corrected chi connectivity index (χ0v) is 9.42. The molecule has 1 aliphatic rings. The molecule has 0 radical (unpaired) electrons. The van der Waals surface area contributed by atoms with Crippen LogP contribution < -0.4 is 5.32 Å². The van der Waals surface area contributed by atoms with Gasteiger partial charge < -0.3 is 10.4 Å². The summed E-state index contributed by atoms with van der Waals surface area (Å²) in [5.41, 5.74) is 0.224. The topological polar surface area (TPSA) is 32.3 Å². The standard InChI is InChI=1S/C12H23NO/c1-4-5-10(2)11(3)13-8-12(9-14)6-7-12/h4,10-11,13-14H,1,5-9H2,2-3H3. The average molecular weight is 197 g/mol. The van der Waals surface area contributed by atoms with Gasteiger partial charge in [0.25, 0.3) is 0 Å². The van der Waals surface area contributed by atoms with E-state index in [9.17, 15) is 0 Å². The van der Waals surface area contributed by atoms with Gasteiger partial charge in [-0.2, -0.15) is 0 Å². The van der Waals surface area contributed by atoms with Crippen LogP contribution in [-0.2, 0) is 0 Å². The summed E-state index contributed by atoms with van der Waals surface area (Å²) in [5.74, 6) is 0.627. The van der Waals surface area contributed by atoms with E-state index in [0.29, 0.717) is 18.6 Å². The second-order valence-corrected chi connectivity index (χ2v) is 4.83. The van der Waals surface area contributed by atoms with Gasteiger partial charge in [0, 0.05) is 24.6 Å². The number of hydrogen-bond donors (Lipinski definition) is 2. The van der Waals surface area contributed by atoms with Crippen LogP contribution in [0, 0.1) is 11.3 Å². The summed E-state index contributed by atoms with van der Waals surface area (Å²) < 4.78 is 0. The predicted octanol–water partition coefficient (Wildman–Crippen LogP) is 1.95. The van der Waals surface area contributed by atoms with Gasteiger partial charge in [-0.3, -0.25) is 0 Å². The maximum atomic E-state index is 9.16. The Kier molecular flexibility index (Phi) is 4.14. The first kappa shape index (κ1) is 11.7. The molecule has 0 aliphatic heterocycles. The lowest BCUT2D eigenvalue weighted by Gasteiger charge is -2.23. The van der Waals surface area contributed by atoms with Gasteiger partial charge in [-0.05, 0) is 32.1 Å². The minimum Gasteiger partial charge on any atom is -0.396 e. The van der Waals surface area contributed by atoms with Crippen molar-refractivity contribution in [2.45, 2.75) is 39.2 Å². The van der Waals surface area contributed by atoms with Crippen LogP contribution in [0.4, 0.5) is 0 Å². The zero-order chi connectivity index (χ0) is 10.6. The Labute approximate surface area is 87.4 Å². The first-order valence-electron chi connectivity index (χ1n) is 5.59. The molecule has 2 heteroatoms. The maximum absolute atomic E-state index is 9.16. The van der Waals surface area contributed by atoms with Gasteiger partial charge in [0.1, 0.15) is 0 Å². The van der Waals surface area contributed by atoms with E-state index in [4.69, 9.17) is 5.11 Å². The molecule has 0 amide bonds. The van der Waals surface area contributed by atoms with E-state index in [1.54, 1.807) is 0 Å². The molecule has 82 valence electrons. The molecule has 1 rings (SSSR count). The molecule has 2 atom stereocenters. The maximum Gasteiger partial charge on any atom is 0.0499 e. The van der Waals surface area contributed by atoms with Crippen LogP contribution in [0.15, 0.2) is 12.7 Å². The zero-order valence-electron chi connectivity index (χ0n) is 9.42. The summed E-state index contributed by atoms with van der Waals surface area (Å²) in [6, 6.07) is 0.511. The number of aliphatic hydroxyl groups excluding tert-OH is 1. The van der Waals surface area contributed by atoms with Crippen LogP contribution in [-0.4, -0.2) is 24.3 Å². The van der Waals surface area contributed by atoms with Crippen LogP contribution in [0.1, 0.15) is 33.1 Å². The van der Waals surface area contributed by atoms with Crippen molar-refractivity contribution < 1.29 is 5.11 Å². The molecule has 2 nitrogen and oxygen atoms in total. The van der Waals surface area contributed by atoms with E-state index in [1.165, 1.54) is 12.8 Å². The molecule has 0 heterocycles. The summed E-state index contributed by atoms with van der Waals surface area (Å²) >= 11 is 0. The van der Waals surface area contributed by atoms with Crippen molar-refractivity contribution in [1.29, 1.82) is 0 Å². The summed E-state index contributed by atoms with van der Waals surface area (Å²) in [6.07, 6.45) is 5.39. The number of aliphatic hydroxyl groups is 1. The van der Waals surface area contributed by atoms with Gasteiger partial charge >= 0.3 is 0 Å². The molecule has 0 spiro atoms. The van der Waals surface area contributed by atoms with E-state index in [1.807, 2.05) is 6.08 Å². The molecule has 1 fully saturated rings. The fraction of sp³-hybridized carbons (Fsp3) is 0.833. The molecule has 0 aromatic heterocycles. The fourth-order valence-corrected chi connectivity index (χ4v) is 1.61. The van der Waals surface area contributed by atoms with Gasteiger partial charge in [0.05, 0.1) is 0 Å². The third kappa shape index (κ3) is 3.10. The van der Waals surface area contributed by atoms with Crippen molar-refractivity contribution in [3.63, 3.8) is 0 Å². The molecule has 1 saturated carbocycles. The molecule has 2 unspecified atom stereocenters. The van der Waals surface area contributed by atoms with Crippen LogP contribution in [0.25, 0.3) is 0 Å². The average Bonchev–Trinajstić information content (AvgIpc) is 2.95. The Hall–Kier alpha value is -0.340. The lowest BCUT2D eigenvalue weighted by Crippen LogP contribution is -2.37. The van der Waals surface area contributed by atoms with Crippen molar-refractivity contribution in [3.05, 3.63) is 12.7 Å². The fourth-order valence-electron chi connectivity index (χ4n) is 1.61. The molecule has 0 aromatic rings. The molecular formula is C12H23NO. The van der Waals surface area contributed by atoms with Gasteiger partial charge in [0.15, 0.2) is 0 Å². The van der Waals surface area contributed by atoms with Gasteiger partial charge in [0.2, 0.25) is 0 Å². The molecule has 0 aromatic carbocycles. The Morgan fingerprint density at radius 2 is 2.14 bits per heavy atom. The molecule has 0 saturated heterocycles. The highest BCUT2D eigenvalue weighted by atomic mass is 16.3. The molecule has 1 aliphatic carbocycles. The Morgan fingerprint density at radius 1 is 1.50 bits per heavy atom. The van der Waals surface area contributed by atoms with Gasteiger partial charge in [-0.25, -0.2) is 0 Å². The van der Waals surface area contributed by atoms with Crippen molar-refractivity contribution in [3.8, 4) is 0 Å². The SMILES string of the molecule is C=CCC(C)C(C)NCC1(CO)CC1. The molecule has 14 heavy (non-hydrogen) atoms. The molecule has 2 N–H and O–H groups in total. The summed E-state index contributed by atoms with van der Waals surface area (Å²) in [6.45, 7) is 9.50. The van der Waals surface area contributed by atoms with Crippen LogP contribution in [0.3, 0.4) is 0 Å². The van der Waals surface area contributed by atoms with E-state index in [2.05, 4.69) is 25.7 Å². The van der Waals surface area contributed by atoms with Crippen molar-refractivity contribution in [1.82, 2.24) is 5.32 Å². The summed E-state index contributed by atoms with van der Waals surface area (Å²) in [4.78, 5) is 0. The second kappa shape index (κ2) is 4.94. The minimum atomic E-state index is 0.224. The predicted molar refractivity (Wildman–Crippen MR) is 60.2 cm³/mol. The highest BCUT2D eigenvalue weighted by Gasteiger charge is 2.41. The van der Waals surface area contributed by atoms with Gasteiger partial charge in [-0.1, -0.05) is 13.0 Å². The minimum absolute atomic E-state index is 0.224. The lowest BCUT2D eigenvalue weighted by molar-refractivity contribution is 0.200. The normalized spacial score (nSPS) is 22.8. The molecular weight excluding hydrogens is 174 g/mol. The number of hydrogen-bond acceptors (Lipinski definition) is 2. The van der Waals surface area contributed by atoms with Gasteiger partial charge in [-0.15, -0.1) is 6.58 Å². The highest BCUT2D eigenvalue weighted by Crippen LogP contribution is 2.44. The van der Waals surface area contributed by atoms with Crippen molar-refractivity contribution in [2.75, 3.05) is 13.2 Å². The highest BCUT2D eigenvalue weighted by molar-refractivity contribution is 4.95. The Bertz CT molecular complexity index is 187. The summed E-state index contributed by atoms with van der Waals surface area (Å²) in [5, 5.41) is 12.7. The monoisotopic (exact) mass is 197 g/mol.